The van der Waals surface area contributed by atoms with Crippen molar-refractivity contribution in [1.82, 2.24) is 24.3 Å². The molecule has 0 unspecified atom stereocenters. The molecule has 0 spiro atoms. The van der Waals surface area contributed by atoms with E-state index in [1.807, 2.05) is 6.92 Å². The maximum absolute atomic E-state index is 14.6. The summed E-state index contributed by atoms with van der Waals surface area (Å²) in [6.45, 7) is 4.27. The minimum absolute atomic E-state index is 0.0805. The lowest BCUT2D eigenvalue weighted by atomic mass is 10.0. The fourth-order valence-electron chi connectivity index (χ4n) is 4.11. The first-order valence-electron chi connectivity index (χ1n) is 10.3. The Morgan fingerprint density at radius 3 is 2.70 bits per heavy atom. The molecule has 4 aromatic rings. The number of halogens is 1. The Labute approximate surface area is 189 Å². The SMILES string of the molecule is Cc1ncc(-c2cnc(NCc3c(F)ccc4c3CCO4)n3cnc(S(C)(=O)=O)c23)c(C)n1. The number of ether oxygens (including phenoxy) is 1. The van der Waals surface area contributed by atoms with E-state index in [1.165, 1.54) is 12.4 Å². The molecule has 0 aliphatic carbocycles. The highest BCUT2D eigenvalue weighted by atomic mass is 32.2. The summed E-state index contributed by atoms with van der Waals surface area (Å²) < 4.78 is 46.6. The Hall–Kier alpha value is -3.60. The quantitative estimate of drug-likeness (QED) is 0.476. The molecule has 0 fully saturated rings. The van der Waals surface area contributed by atoms with E-state index in [2.05, 4.69) is 25.3 Å². The van der Waals surface area contributed by atoms with Crippen LogP contribution in [-0.4, -0.2) is 45.6 Å². The number of aromatic nitrogens is 5. The summed E-state index contributed by atoms with van der Waals surface area (Å²) in [7, 11) is -3.64. The van der Waals surface area contributed by atoms with Crippen molar-refractivity contribution in [2.45, 2.75) is 31.8 Å². The van der Waals surface area contributed by atoms with Gasteiger partial charge in [-0.3, -0.25) is 4.40 Å². The van der Waals surface area contributed by atoms with E-state index in [0.29, 0.717) is 58.5 Å². The number of nitrogens with one attached hydrogen (secondary N) is 1. The van der Waals surface area contributed by atoms with Crippen LogP contribution >= 0.6 is 0 Å². The van der Waals surface area contributed by atoms with Gasteiger partial charge in [0.15, 0.2) is 14.9 Å². The van der Waals surface area contributed by atoms with Crippen LogP contribution in [0.3, 0.4) is 0 Å². The van der Waals surface area contributed by atoms with Gasteiger partial charge < -0.3 is 10.1 Å². The second kappa shape index (κ2) is 7.77. The second-order valence-corrected chi connectivity index (χ2v) is 9.84. The standard InChI is InChI=1S/C22H21FN6O3S/c1-12-15(8-24-13(2)28-12)17-10-26-22(29-11-27-21(20(17)29)33(3,30)31)25-9-16-14-6-7-32-19(14)5-4-18(16)23/h4-5,8,10-11H,6-7,9H2,1-3H3,(H,25,26). The Morgan fingerprint density at radius 1 is 1.15 bits per heavy atom. The summed E-state index contributed by atoms with van der Waals surface area (Å²) in [4.78, 5) is 17.3. The third-order valence-corrected chi connectivity index (χ3v) is 6.64. The molecule has 9 nitrogen and oxygen atoms in total. The maximum Gasteiger partial charge on any atom is 0.209 e. The first-order valence-corrected chi connectivity index (χ1v) is 12.2. The average molecular weight is 469 g/mol. The van der Waals surface area contributed by atoms with Gasteiger partial charge in [0.1, 0.15) is 23.7 Å². The predicted octanol–water partition coefficient (Wildman–Crippen LogP) is 2.89. The molecule has 1 aliphatic rings. The van der Waals surface area contributed by atoms with Gasteiger partial charge in [-0.1, -0.05) is 0 Å². The second-order valence-electron chi connectivity index (χ2n) is 7.91. The molecular weight excluding hydrogens is 447 g/mol. The van der Waals surface area contributed by atoms with Gasteiger partial charge in [0.2, 0.25) is 5.95 Å². The number of anilines is 1. The van der Waals surface area contributed by atoms with Crippen LogP contribution < -0.4 is 10.1 Å². The third-order valence-electron chi connectivity index (χ3n) is 5.64. The summed E-state index contributed by atoms with van der Waals surface area (Å²) in [6.07, 6.45) is 6.33. The van der Waals surface area contributed by atoms with Gasteiger partial charge in [0, 0.05) is 59.6 Å². The number of rotatable bonds is 5. The van der Waals surface area contributed by atoms with Gasteiger partial charge in [-0.25, -0.2) is 32.7 Å². The fourth-order valence-corrected chi connectivity index (χ4v) is 4.91. The molecule has 5 rings (SSSR count). The Bertz CT molecular complexity index is 1520. The van der Waals surface area contributed by atoms with Gasteiger partial charge in [-0.05, 0) is 26.0 Å². The van der Waals surface area contributed by atoms with Crippen molar-refractivity contribution in [2.75, 3.05) is 18.2 Å². The number of imidazole rings is 1. The predicted molar refractivity (Wildman–Crippen MR) is 120 cm³/mol. The highest BCUT2D eigenvalue weighted by Gasteiger charge is 2.24. The average Bonchev–Trinajstić information content (AvgIpc) is 3.40. The number of hydrogen-bond acceptors (Lipinski definition) is 8. The number of fused-ring (bicyclic) bond motifs is 2. The van der Waals surface area contributed by atoms with E-state index >= 15 is 0 Å². The third kappa shape index (κ3) is 3.67. The molecule has 1 aliphatic heterocycles. The molecular formula is C22H21FN6O3S. The molecule has 0 atom stereocenters. The Balaban J connectivity index is 1.63. The molecule has 0 saturated carbocycles. The summed E-state index contributed by atoms with van der Waals surface area (Å²) >= 11 is 0. The molecule has 0 saturated heterocycles. The molecule has 33 heavy (non-hydrogen) atoms. The van der Waals surface area contributed by atoms with Gasteiger partial charge >= 0.3 is 0 Å². The Kier molecular flexibility index (Phi) is 5.00. The minimum atomic E-state index is -3.64. The number of nitrogens with zero attached hydrogens (tertiary/aromatic N) is 5. The molecule has 0 amide bonds. The van der Waals surface area contributed by atoms with E-state index in [1.54, 1.807) is 29.8 Å². The summed E-state index contributed by atoms with van der Waals surface area (Å²) in [5.74, 6) is 1.28. The van der Waals surface area contributed by atoms with E-state index in [-0.39, 0.29) is 17.4 Å². The first-order chi connectivity index (χ1) is 15.7. The minimum Gasteiger partial charge on any atom is -0.493 e. The molecule has 4 heterocycles. The summed E-state index contributed by atoms with van der Waals surface area (Å²) in [5.41, 5.74) is 3.55. The van der Waals surface area contributed by atoms with Crippen molar-refractivity contribution in [1.29, 1.82) is 0 Å². The van der Waals surface area contributed by atoms with E-state index in [9.17, 15) is 12.8 Å². The van der Waals surface area contributed by atoms with Crippen LogP contribution in [0.4, 0.5) is 10.3 Å². The van der Waals surface area contributed by atoms with Crippen LogP contribution in [0, 0.1) is 19.7 Å². The van der Waals surface area contributed by atoms with E-state index < -0.39 is 9.84 Å². The molecule has 1 aromatic carbocycles. The zero-order valence-electron chi connectivity index (χ0n) is 18.3. The molecule has 1 N–H and O–H groups in total. The van der Waals surface area contributed by atoms with Crippen molar-refractivity contribution >= 4 is 21.3 Å². The highest BCUT2D eigenvalue weighted by molar-refractivity contribution is 7.90. The van der Waals surface area contributed by atoms with Gasteiger partial charge in [-0.15, -0.1) is 0 Å². The molecule has 170 valence electrons. The van der Waals surface area contributed by atoms with Crippen LogP contribution in [-0.2, 0) is 22.8 Å². The van der Waals surface area contributed by atoms with Crippen LogP contribution in [0.25, 0.3) is 16.6 Å². The van der Waals surface area contributed by atoms with Crippen LogP contribution in [0.2, 0.25) is 0 Å². The number of sulfone groups is 1. The molecule has 3 aromatic heterocycles. The lowest BCUT2D eigenvalue weighted by Crippen LogP contribution is -2.10. The Morgan fingerprint density at radius 2 is 1.94 bits per heavy atom. The molecule has 0 bridgehead atoms. The van der Waals surface area contributed by atoms with E-state index in [0.717, 1.165) is 11.8 Å². The highest BCUT2D eigenvalue weighted by Crippen LogP contribution is 2.33. The summed E-state index contributed by atoms with van der Waals surface area (Å²) in [6, 6.07) is 3.01. The monoisotopic (exact) mass is 468 g/mol. The first kappa shape index (κ1) is 21.3. The zero-order chi connectivity index (χ0) is 23.3. The van der Waals surface area contributed by atoms with Gasteiger partial charge in [-0.2, -0.15) is 0 Å². The number of hydrogen-bond donors (Lipinski definition) is 1. The van der Waals surface area contributed by atoms with Gasteiger partial charge in [0.05, 0.1) is 12.1 Å². The van der Waals surface area contributed by atoms with Crippen LogP contribution in [0.5, 0.6) is 5.75 Å². The molecule has 0 radical (unpaired) electrons. The van der Waals surface area contributed by atoms with Gasteiger partial charge in [0.25, 0.3) is 0 Å². The summed E-state index contributed by atoms with van der Waals surface area (Å²) in [5, 5.41) is 3.05. The zero-order valence-corrected chi connectivity index (χ0v) is 19.1. The lowest BCUT2D eigenvalue weighted by Gasteiger charge is -2.14. The smallest absolute Gasteiger partial charge is 0.209 e. The maximum atomic E-state index is 14.6. The van der Waals surface area contributed by atoms with Crippen LogP contribution in [0.1, 0.15) is 22.6 Å². The topological polar surface area (TPSA) is 111 Å². The number of aryl methyl sites for hydroxylation is 2. The van der Waals surface area contributed by atoms with Crippen LogP contribution in [0.15, 0.2) is 35.9 Å². The van der Waals surface area contributed by atoms with Crippen molar-refractivity contribution in [2.24, 2.45) is 0 Å². The van der Waals surface area contributed by atoms with Crippen molar-refractivity contribution < 1.29 is 17.5 Å². The van der Waals surface area contributed by atoms with Crippen molar-refractivity contribution in [3.05, 3.63) is 59.3 Å². The molecule has 11 heteroatoms. The van der Waals surface area contributed by atoms with Crippen molar-refractivity contribution in [3.63, 3.8) is 0 Å². The largest absolute Gasteiger partial charge is 0.493 e. The fraction of sp³-hybridized carbons (Fsp3) is 0.273. The number of benzene rings is 1. The lowest BCUT2D eigenvalue weighted by molar-refractivity contribution is 0.356. The normalized spacial score (nSPS) is 13.2. The van der Waals surface area contributed by atoms with Crippen molar-refractivity contribution in [3.8, 4) is 16.9 Å². The van der Waals surface area contributed by atoms with E-state index in [4.69, 9.17) is 4.74 Å².